The molecule has 3 fully saturated rings. The van der Waals surface area contributed by atoms with Crippen LogP contribution in [-0.4, -0.2) is 52.7 Å². The van der Waals surface area contributed by atoms with Crippen molar-refractivity contribution in [1.29, 1.82) is 0 Å². The SMILES string of the molecule is CC1=N[C@]2(CC[C@H]3CN(C(=O)NCc4ccccc4C)C[C@H]32)C(=O)N1CC1CC1. The molecule has 5 rings (SSSR count). The van der Waals surface area contributed by atoms with E-state index in [0.717, 1.165) is 37.3 Å². The maximum atomic E-state index is 13.4. The van der Waals surface area contributed by atoms with Gasteiger partial charge in [-0.3, -0.25) is 14.7 Å². The predicted octanol–water partition coefficient (Wildman–Crippen LogP) is 2.96. The standard InChI is InChI=1S/C23H30N4O2/c1-15-5-3-4-6-18(15)11-24-22(29)26-13-19-9-10-23(20(19)14-26)21(28)27(16(2)25-23)12-17-7-8-17/h3-6,17,19-20H,7-14H2,1-2H3,(H,24,29)/t19-,20+,23-/m0/s1. The van der Waals surface area contributed by atoms with Crippen molar-refractivity contribution in [2.75, 3.05) is 19.6 Å². The van der Waals surface area contributed by atoms with Crippen LogP contribution in [0.15, 0.2) is 29.3 Å². The summed E-state index contributed by atoms with van der Waals surface area (Å²) in [4.78, 5) is 34.9. The minimum Gasteiger partial charge on any atom is -0.334 e. The lowest BCUT2D eigenvalue weighted by atomic mass is 9.85. The highest BCUT2D eigenvalue weighted by Crippen LogP contribution is 2.50. The number of urea groups is 1. The van der Waals surface area contributed by atoms with E-state index in [4.69, 9.17) is 4.99 Å². The van der Waals surface area contributed by atoms with Gasteiger partial charge < -0.3 is 10.2 Å². The first-order valence-electron chi connectivity index (χ1n) is 10.9. The van der Waals surface area contributed by atoms with E-state index in [1.165, 1.54) is 18.4 Å². The number of nitrogens with one attached hydrogen (secondary N) is 1. The van der Waals surface area contributed by atoms with Gasteiger partial charge in [-0.2, -0.15) is 0 Å². The maximum absolute atomic E-state index is 13.4. The van der Waals surface area contributed by atoms with Crippen molar-refractivity contribution >= 4 is 17.8 Å². The van der Waals surface area contributed by atoms with E-state index in [1.807, 2.05) is 34.9 Å². The number of aliphatic imine (C=N–C) groups is 1. The molecule has 2 aliphatic heterocycles. The molecule has 154 valence electrons. The lowest BCUT2D eigenvalue weighted by Crippen LogP contribution is -2.48. The number of rotatable bonds is 4. The van der Waals surface area contributed by atoms with Gasteiger partial charge in [-0.1, -0.05) is 24.3 Å². The molecule has 1 aromatic carbocycles. The fraction of sp³-hybridized carbons (Fsp3) is 0.609. The van der Waals surface area contributed by atoms with Gasteiger partial charge in [0.25, 0.3) is 5.91 Å². The van der Waals surface area contributed by atoms with Crippen molar-refractivity contribution in [2.45, 2.75) is 51.6 Å². The third-order valence-corrected chi connectivity index (χ3v) is 7.43. The number of nitrogens with zero attached hydrogens (tertiary/aromatic N) is 3. The Morgan fingerprint density at radius 1 is 1.21 bits per heavy atom. The Bertz CT molecular complexity index is 877. The average Bonchev–Trinajstić information content (AvgIpc) is 3.24. The van der Waals surface area contributed by atoms with Crippen LogP contribution in [-0.2, 0) is 11.3 Å². The van der Waals surface area contributed by atoms with E-state index < -0.39 is 5.54 Å². The fourth-order valence-corrected chi connectivity index (χ4v) is 5.51. The van der Waals surface area contributed by atoms with Crippen LogP contribution in [0.5, 0.6) is 0 Å². The zero-order valence-corrected chi connectivity index (χ0v) is 17.4. The van der Waals surface area contributed by atoms with Gasteiger partial charge >= 0.3 is 6.03 Å². The number of fused-ring (bicyclic) bond motifs is 2. The molecular weight excluding hydrogens is 364 g/mol. The van der Waals surface area contributed by atoms with E-state index >= 15 is 0 Å². The maximum Gasteiger partial charge on any atom is 0.317 e. The lowest BCUT2D eigenvalue weighted by Gasteiger charge is -2.28. The van der Waals surface area contributed by atoms with Gasteiger partial charge in [0.15, 0.2) is 0 Å². The molecule has 29 heavy (non-hydrogen) atoms. The van der Waals surface area contributed by atoms with Crippen molar-refractivity contribution < 1.29 is 9.59 Å². The minimum atomic E-state index is -0.616. The molecule has 1 N–H and O–H groups in total. The molecule has 6 nitrogen and oxygen atoms in total. The third-order valence-electron chi connectivity index (χ3n) is 7.43. The van der Waals surface area contributed by atoms with Gasteiger partial charge in [0, 0.05) is 32.1 Å². The lowest BCUT2D eigenvalue weighted by molar-refractivity contribution is -0.132. The zero-order chi connectivity index (χ0) is 20.2. The molecule has 1 spiro atoms. The van der Waals surface area contributed by atoms with E-state index in [1.54, 1.807) is 0 Å². The molecule has 0 radical (unpaired) electrons. The largest absolute Gasteiger partial charge is 0.334 e. The van der Waals surface area contributed by atoms with Crippen LogP contribution >= 0.6 is 0 Å². The first kappa shape index (κ1) is 18.6. The van der Waals surface area contributed by atoms with Gasteiger partial charge in [-0.05, 0) is 62.5 Å². The smallest absolute Gasteiger partial charge is 0.317 e. The number of likely N-dealkylation sites (tertiary alicyclic amines) is 1. The Hall–Kier alpha value is -2.37. The van der Waals surface area contributed by atoms with Gasteiger partial charge in [0.2, 0.25) is 0 Å². The van der Waals surface area contributed by atoms with Gasteiger partial charge in [0.05, 0.1) is 0 Å². The molecule has 0 aromatic heterocycles. The molecule has 3 atom stereocenters. The quantitative estimate of drug-likeness (QED) is 0.853. The summed E-state index contributed by atoms with van der Waals surface area (Å²) in [6.07, 6.45) is 4.26. The highest BCUT2D eigenvalue weighted by Gasteiger charge is 2.61. The van der Waals surface area contributed by atoms with E-state index in [9.17, 15) is 9.59 Å². The number of carbonyl (C=O) groups is 2. The van der Waals surface area contributed by atoms with Gasteiger partial charge in [-0.25, -0.2) is 4.79 Å². The van der Waals surface area contributed by atoms with Crippen LogP contribution in [0.3, 0.4) is 0 Å². The van der Waals surface area contributed by atoms with E-state index in [2.05, 4.69) is 18.3 Å². The Balaban J connectivity index is 1.25. The van der Waals surface area contributed by atoms with Crippen molar-refractivity contribution in [3.8, 4) is 0 Å². The number of aryl methyl sites for hydroxylation is 1. The highest BCUT2D eigenvalue weighted by molar-refractivity contribution is 6.08. The Labute approximate surface area is 172 Å². The molecule has 4 aliphatic rings. The number of hydrogen-bond acceptors (Lipinski definition) is 3. The van der Waals surface area contributed by atoms with Gasteiger partial charge in [-0.15, -0.1) is 0 Å². The predicted molar refractivity (Wildman–Crippen MR) is 111 cm³/mol. The molecule has 1 aromatic rings. The summed E-state index contributed by atoms with van der Waals surface area (Å²) in [5, 5.41) is 3.07. The van der Waals surface area contributed by atoms with Crippen LogP contribution in [0, 0.1) is 24.7 Å². The summed E-state index contributed by atoms with van der Waals surface area (Å²) in [7, 11) is 0. The van der Waals surface area contributed by atoms with Crippen LogP contribution in [0.2, 0.25) is 0 Å². The van der Waals surface area contributed by atoms with Crippen LogP contribution in [0.1, 0.15) is 43.7 Å². The Kier molecular flexibility index (Phi) is 4.41. The molecule has 0 unspecified atom stereocenters. The summed E-state index contributed by atoms with van der Waals surface area (Å²) in [6, 6.07) is 8.09. The first-order valence-corrected chi connectivity index (χ1v) is 10.9. The second-order valence-corrected chi connectivity index (χ2v) is 9.34. The Morgan fingerprint density at radius 3 is 2.76 bits per heavy atom. The molecule has 3 amide bonds. The van der Waals surface area contributed by atoms with Crippen molar-refractivity contribution in [1.82, 2.24) is 15.1 Å². The Morgan fingerprint density at radius 2 is 2.00 bits per heavy atom. The first-order chi connectivity index (χ1) is 14.0. The van der Waals surface area contributed by atoms with Crippen molar-refractivity contribution in [3.63, 3.8) is 0 Å². The number of amides is 3. The summed E-state index contributed by atoms with van der Waals surface area (Å²) in [5.41, 5.74) is 1.70. The second kappa shape index (κ2) is 6.85. The molecule has 2 heterocycles. The minimum absolute atomic E-state index is 0.0289. The zero-order valence-electron chi connectivity index (χ0n) is 17.4. The van der Waals surface area contributed by atoms with Crippen LogP contribution in [0.4, 0.5) is 4.79 Å². The van der Waals surface area contributed by atoms with Crippen LogP contribution < -0.4 is 5.32 Å². The van der Waals surface area contributed by atoms with Crippen molar-refractivity contribution in [3.05, 3.63) is 35.4 Å². The fourth-order valence-electron chi connectivity index (χ4n) is 5.51. The number of carbonyl (C=O) groups excluding carboxylic acids is 2. The third kappa shape index (κ3) is 3.13. The topological polar surface area (TPSA) is 65.0 Å². The molecule has 0 bridgehead atoms. The summed E-state index contributed by atoms with van der Waals surface area (Å²) >= 11 is 0. The highest BCUT2D eigenvalue weighted by atomic mass is 16.2. The molecular formula is C23H30N4O2. The number of hydrogen-bond donors (Lipinski definition) is 1. The molecule has 2 aliphatic carbocycles. The van der Waals surface area contributed by atoms with Crippen molar-refractivity contribution in [2.24, 2.45) is 22.7 Å². The van der Waals surface area contributed by atoms with Gasteiger partial charge in [0.1, 0.15) is 11.4 Å². The second-order valence-electron chi connectivity index (χ2n) is 9.34. The summed E-state index contributed by atoms with van der Waals surface area (Å²) in [5.74, 6) is 2.25. The molecule has 6 heteroatoms. The van der Waals surface area contributed by atoms with E-state index in [-0.39, 0.29) is 17.9 Å². The normalized spacial score (nSPS) is 30.8. The molecule has 1 saturated heterocycles. The molecule has 2 saturated carbocycles. The average molecular weight is 395 g/mol. The number of benzene rings is 1. The summed E-state index contributed by atoms with van der Waals surface area (Å²) < 4.78 is 0. The number of amidine groups is 1. The van der Waals surface area contributed by atoms with Crippen LogP contribution in [0.25, 0.3) is 0 Å². The summed E-state index contributed by atoms with van der Waals surface area (Å²) in [6.45, 7) is 6.76. The van der Waals surface area contributed by atoms with E-state index in [0.29, 0.717) is 24.9 Å². The monoisotopic (exact) mass is 394 g/mol.